The summed E-state index contributed by atoms with van der Waals surface area (Å²) in [5.41, 5.74) is 2.79. The molecule has 4 rings (SSSR count). The van der Waals surface area contributed by atoms with Crippen molar-refractivity contribution in [1.29, 1.82) is 0 Å². The fraction of sp³-hybridized carbons (Fsp3) is 0.0833. The first-order valence-electron chi connectivity index (χ1n) is 9.36. The molecule has 0 aliphatic rings. The molecule has 1 aromatic heterocycles. The molecule has 0 fully saturated rings. The van der Waals surface area contributed by atoms with E-state index in [9.17, 15) is 18.0 Å². The van der Waals surface area contributed by atoms with E-state index in [1.165, 1.54) is 13.2 Å². The average Bonchev–Trinajstić information content (AvgIpc) is 3.22. The number of nitrogens with zero attached hydrogens (tertiary/aromatic N) is 2. The zero-order chi connectivity index (χ0) is 22.1. The SMILES string of the molecule is COc1cc(C(=O)c2cccc(-c3cc(F)c(F)c(F)c3)c2)ccc1-n1cnc(C)c1. The van der Waals surface area contributed by atoms with Crippen LogP contribution in [-0.2, 0) is 0 Å². The van der Waals surface area contributed by atoms with Gasteiger partial charge in [-0.15, -0.1) is 0 Å². The second-order valence-electron chi connectivity index (χ2n) is 6.97. The number of hydrogen-bond donors (Lipinski definition) is 0. The number of aromatic nitrogens is 2. The van der Waals surface area contributed by atoms with Crippen LogP contribution in [0.5, 0.6) is 5.75 Å². The van der Waals surface area contributed by atoms with E-state index < -0.39 is 17.5 Å². The largest absolute Gasteiger partial charge is 0.495 e. The summed E-state index contributed by atoms with van der Waals surface area (Å²) in [4.78, 5) is 17.2. The maximum atomic E-state index is 13.6. The van der Waals surface area contributed by atoms with Gasteiger partial charge in [0.25, 0.3) is 0 Å². The zero-order valence-electron chi connectivity index (χ0n) is 16.7. The summed E-state index contributed by atoms with van der Waals surface area (Å²) in [7, 11) is 1.51. The number of carbonyl (C=O) groups is 1. The molecule has 7 heteroatoms. The molecule has 0 unspecified atom stereocenters. The first-order valence-corrected chi connectivity index (χ1v) is 9.36. The first-order chi connectivity index (χ1) is 14.9. The number of halogens is 3. The van der Waals surface area contributed by atoms with E-state index >= 15 is 0 Å². The van der Waals surface area contributed by atoms with Gasteiger partial charge in [-0.2, -0.15) is 0 Å². The van der Waals surface area contributed by atoms with Gasteiger partial charge >= 0.3 is 0 Å². The number of aryl methyl sites for hydroxylation is 1. The molecule has 0 aliphatic heterocycles. The highest BCUT2D eigenvalue weighted by atomic mass is 19.2. The molecular weight excluding hydrogens is 405 g/mol. The Kier molecular flexibility index (Phi) is 5.33. The predicted octanol–water partition coefficient (Wildman–Crippen LogP) is 5.50. The van der Waals surface area contributed by atoms with Gasteiger partial charge in [0, 0.05) is 17.3 Å². The monoisotopic (exact) mass is 422 g/mol. The van der Waals surface area contributed by atoms with Crippen molar-refractivity contribution in [3.05, 3.63) is 101 Å². The van der Waals surface area contributed by atoms with E-state index in [1.54, 1.807) is 47.3 Å². The van der Waals surface area contributed by atoms with Crippen molar-refractivity contribution in [3.8, 4) is 22.6 Å². The van der Waals surface area contributed by atoms with E-state index in [0.29, 0.717) is 22.4 Å². The summed E-state index contributed by atoms with van der Waals surface area (Å²) in [6.45, 7) is 1.87. The molecule has 0 atom stereocenters. The van der Waals surface area contributed by atoms with Crippen LogP contribution in [-0.4, -0.2) is 22.4 Å². The summed E-state index contributed by atoms with van der Waals surface area (Å²) in [5.74, 6) is -3.92. The lowest BCUT2D eigenvalue weighted by Gasteiger charge is -2.11. The van der Waals surface area contributed by atoms with Crippen LogP contribution >= 0.6 is 0 Å². The molecule has 0 saturated heterocycles. The van der Waals surface area contributed by atoms with Crippen molar-refractivity contribution in [2.24, 2.45) is 0 Å². The predicted molar refractivity (Wildman–Crippen MR) is 110 cm³/mol. The molecule has 1 heterocycles. The Labute approximate surface area is 176 Å². The van der Waals surface area contributed by atoms with Gasteiger partial charge in [-0.05, 0) is 54.4 Å². The van der Waals surface area contributed by atoms with Gasteiger partial charge in [-0.3, -0.25) is 4.79 Å². The van der Waals surface area contributed by atoms with Gasteiger partial charge < -0.3 is 9.30 Å². The highest BCUT2D eigenvalue weighted by Crippen LogP contribution is 2.28. The Morgan fingerprint density at radius 2 is 1.65 bits per heavy atom. The second kappa shape index (κ2) is 8.10. The molecule has 31 heavy (non-hydrogen) atoms. The molecular formula is C24H17F3N2O2. The number of imidazole rings is 1. The zero-order valence-corrected chi connectivity index (χ0v) is 16.7. The Balaban J connectivity index is 1.70. The number of carbonyl (C=O) groups excluding carboxylic acids is 1. The Hall–Kier alpha value is -3.87. The van der Waals surface area contributed by atoms with Crippen LogP contribution in [0.3, 0.4) is 0 Å². The van der Waals surface area contributed by atoms with E-state index in [-0.39, 0.29) is 11.3 Å². The molecule has 0 N–H and O–H groups in total. The van der Waals surface area contributed by atoms with Crippen molar-refractivity contribution in [2.75, 3.05) is 7.11 Å². The maximum Gasteiger partial charge on any atom is 0.194 e. The summed E-state index contributed by atoms with van der Waals surface area (Å²) in [6, 6.07) is 13.1. The number of ketones is 1. The summed E-state index contributed by atoms with van der Waals surface area (Å²) >= 11 is 0. The highest BCUT2D eigenvalue weighted by molar-refractivity contribution is 6.10. The topological polar surface area (TPSA) is 44.1 Å². The normalized spacial score (nSPS) is 10.9. The van der Waals surface area contributed by atoms with Crippen LogP contribution in [0.4, 0.5) is 13.2 Å². The van der Waals surface area contributed by atoms with Crippen molar-refractivity contribution < 1.29 is 22.7 Å². The molecule has 156 valence electrons. The lowest BCUT2D eigenvalue weighted by atomic mass is 9.97. The van der Waals surface area contributed by atoms with Gasteiger partial charge in [-0.1, -0.05) is 18.2 Å². The minimum absolute atomic E-state index is 0.134. The minimum atomic E-state index is -1.53. The lowest BCUT2D eigenvalue weighted by molar-refractivity contribution is 0.103. The van der Waals surface area contributed by atoms with Crippen LogP contribution in [0.2, 0.25) is 0 Å². The number of ether oxygens (including phenoxy) is 1. The first kappa shape index (κ1) is 20.4. The summed E-state index contributed by atoms with van der Waals surface area (Å²) in [5, 5.41) is 0. The number of hydrogen-bond acceptors (Lipinski definition) is 3. The van der Waals surface area contributed by atoms with Gasteiger partial charge in [0.05, 0.1) is 24.8 Å². The molecule has 4 aromatic rings. The van der Waals surface area contributed by atoms with E-state index in [4.69, 9.17) is 4.74 Å². The van der Waals surface area contributed by atoms with E-state index in [0.717, 1.165) is 23.5 Å². The third-order valence-corrected chi connectivity index (χ3v) is 4.87. The quantitative estimate of drug-likeness (QED) is 0.315. The van der Waals surface area contributed by atoms with Gasteiger partial charge in [0.2, 0.25) is 0 Å². The van der Waals surface area contributed by atoms with Crippen molar-refractivity contribution in [1.82, 2.24) is 9.55 Å². The van der Waals surface area contributed by atoms with Crippen LogP contribution in [0.25, 0.3) is 16.8 Å². The van der Waals surface area contributed by atoms with Gasteiger partial charge in [0.15, 0.2) is 23.2 Å². The Morgan fingerprint density at radius 3 is 2.29 bits per heavy atom. The van der Waals surface area contributed by atoms with E-state index in [2.05, 4.69) is 4.98 Å². The molecule has 0 spiro atoms. The van der Waals surface area contributed by atoms with Crippen LogP contribution in [0.15, 0.2) is 67.1 Å². The standard InChI is InChI=1S/C24H17F3N2O2/c1-14-12-29(13-28-14)21-7-6-17(11-22(21)31-2)24(30)16-5-3-4-15(8-16)18-9-19(25)23(27)20(26)10-18/h3-13H,1-2H3. The average molecular weight is 422 g/mol. The Bertz CT molecular complexity index is 1270. The molecule has 0 amide bonds. The van der Waals surface area contributed by atoms with Crippen LogP contribution in [0.1, 0.15) is 21.6 Å². The third-order valence-electron chi connectivity index (χ3n) is 4.87. The van der Waals surface area contributed by atoms with Crippen molar-refractivity contribution in [2.45, 2.75) is 6.92 Å². The molecule has 0 radical (unpaired) electrons. The molecule has 3 aromatic carbocycles. The lowest BCUT2D eigenvalue weighted by Crippen LogP contribution is -2.04. The van der Waals surface area contributed by atoms with Gasteiger partial charge in [0.1, 0.15) is 5.75 Å². The molecule has 4 nitrogen and oxygen atoms in total. The molecule has 0 aliphatic carbocycles. The number of rotatable bonds is 5. The van der Waals surface area contributed by atoms with Crippen molar-refractivity contribution in [3.63, 3.8) is 0 Å². The summed E-state index contributed by atoms with van der Waals surface area (Å²) in [6.07, 6.45) is 3.49. The summed E-state index contributed by atoms with van der Waals surface area (Å²) < 4.78 is 47.7. The van der Waals surface area contributed by atoms with Crippen LogP contribution < -0.4 is 4.74 Å². The fourth-order valence-electron chi connectivity index (χ4n) is 3.31. The number of methoxy groups -OCH3 is 1. The maximum absolute atomic E-state index is 13.6. The fourth-order valence-corrected chi connectivity index (χ4v) is 3.31. The smallest absolute Gasteiger partial charge is 0.194 e. The minimum Gasteiger partial charge on any atom is -0.495 e. The second-order valence-corrected chi connectivity index (χ2v) is 6.97. The highest BCUT2D eigenvalue weighted by Gasteiger charge is 2.16. The van der Waals surface area contributed by atoms with Crippen LogP contribution in [0, 0.1) is 24.4 Å². The molecule has 0 saturated carbocycles. The van der Waals surface area contributed by atoms with Gasteiger partial charge in [-0.25, -0.2) is 18.2 Å². The Morgan fingerprint density at radius 1 is 0.935 bits per heavy atom. The molecule has 0 bridgehead atoms. The number of benzene rings is 3. The van der Waals surface area contributed by atoms with E-state index in [1.807, 2.05) is 13.1 Å². The van der Waals surface area contributed by atoms with Crippen molar-refractivity contribution >= 4 is 5.78 Å². The third kappa shape index (κ3) is 3.94.